The summed E-state index contributed by atoms with van der Waals surface area (Å²) in [5.74, 6) is 0.100. The highest BCUT2D eigenvalue weighted by atomic mass is 32.1. The molecule has 3 nitrogen and oxygen atoms in total. The van der Waals surface area contributed by atoms with E-state index in [2.05, 4.69) is 17.5 Å². The van der Waals surface area contributed by atoms with E-state index in [1.54, 1.807) is 0 Å². The first-order valence-corrected chi connectivity index (χ1v) is 6.12. The number of thiocarbonyl (C=S) groups is 1. The van der Waals surface area contributed by atoms with Crippen LogP contribution in [0.1, 0.15) is 29.6 Å². The molecule has 0 radical (unpaired) electrons. The Labute approximate surface area is 107 Å². The molecule has 0 aliphatic heterocycles. The van der Waals surface area contributed by atoms with Gasteiger partial charge in [-0.15, -0.1) is 0 Å². The van der Waals surface area contributed by atoms with E-state index in [9.17, 15) is 4.79 Å². The molecule has 0 saturated carbocycles. The molecule has 0 amide bonds. The maximum atomic E-state index is 11.7. The van der Waals surface area contributed by atoms with Gasteiger partial charge < -0.3 is 10.4 Å². The van der Waals surface area contributed by atoms with Gasteiger partial charge in [0.25, 0.3) is 0 Å². The van der Waals surface area contributed by atoms with Crippen molar-refractivity contribution in [3.63, 3.8) is 0 Å². The maximum Gasteiger partial charge on any atom is 0.176 e. The minimum Gasteiger partial charge on any atom is -0.502 e. The zero-order valence-electron chi connectivity index (χ0n) is 9.69. The van der Waals surface area contributed by atoms with E-state index in [0.717, 1.165) is 24.9 Å². The summed E-state index contributed by atoms with van der Waals surface area (Å²) < 4.78 is 0. The van der Waals surface area contributed by atoms with E-state index in [1.165, 1.54) is 0 Å². The third kappa shape index (κ3) is 6.14. The first-order valence-electron chi connectivity index (χ1n) is 5.71. The Morgan fingerprint density at radius 3 is 2.59 bits per heavy atom. The summed E-state index contributed by atoms with van der Waals surface area (Å²) in [6, 6.07) is 9.23. The Hall–Kier alpha value is -1.26. The molecule has 0 saturated heterocycles. The second-order valence-electron chi connectivity index (χ2n) is 3.82. The molecule has 1 rings (SSSR count). The molecule has 0 heterocycles. The number of hydrogen-bond acceptors (Lipinski definition) is 3. The lowest BCUT2D eigenvalue weighted by Gasteiger charge is -2.03. The van der Waals surface area contributed by atoms with Crippen LogP contribution >= 0.6 is 12.2 Å². The molecular weight excluding hydrogens is 234 g/mol. The van der Waals surface area contributed by atoms with Crippen LogP contribution in [0.15, 0.2) is 30.3 Å². The third-order valence-corrected chi connectivity index (χ3v) is 2.58. The average Bonchev–Trinajstić information content (AvgIpc) is 2.34. The predicted molar refractivity (Wildman–Crippen MR) is 72.7 cm³/mol. The van der Waals surface area contributed by atoms with Crippen LogP contribution in [0, 0.1) is 0 Å². The van der Waals surface area contributed by atoms with Crippen molar-refractivity contribution in [3.8, 4) is 0 Å². The highest BCUT2D eigenvalue weighted by Crippen LogP contribution is 1.99. The molecule has 4 heteroatoms. The molecule has 0 unspecified atom stereocenters. The van der Waals surface area contributed by atoms with Gasteiger partial charge in [0.1, 0.15) is 0 Å². The molecule has 92 valence electrons. The van der Waals surface area contributed by atoms with Crippen molar-refractivity contribution in [2.75, 3.05) is 13.1 Å². The zero-order chi connectivity index (χ0) is 12.5. The molecule has 0 spiro atoms. The van der Waals surface area contributed by atoms with E-state index in [4.69, 9.17) is 5.11 Å². The smallest absolute Gasteiger partial charge is 0.176 e. The van der Waals surface area contributed by atoms with Gasteiger partial charge >= 0.3 is 0 Å². The summed E-state index contributed by atoms with van der Waals surface area (Å²) in [4.78, 5) is 11.7. The highest BCUT2D eigenvalue weighted by molar-refractivity contribution is 7.80. The lowest BCUT2D eigenvalue weighted by atomic mass is 10.1. The third-order valence-electron chi connectivity index (χ3n) is 2.38. The molecule has 0 aromatic heterocycles. The average molecular weight is 251 g/mol. The molecular formula is C13H17NO2S. The lowest BCUT2D eigenvalue weighted by Crippen LogP contribution is -2.24. The Bertz CT molecular complexity index is 365. The summed E-state index contributed by atoms with van der Waals surface area (Å²) in [6.07, 6.45) is 2.31. The van der Waals surface area contributed by atoms with Crippen LogP contribution in [0.5, 0.6) is 0 Å². The molecule has 1 aromatic rings. The van der Waals surface area contributed by atoms with Crippen molar-refractivity contribution in [1.29, 1.82) is 0 Å². The number of carbonyl (C=O) groups is 1. The predicted octanol–water partition coefficient (Wildman–Crippen LogP) is 2.51. The van der Waals surface area contributed by atoms with E-state index in [-0.39, 0.29) is 10.8 Å². The standard InChI is InChI=1S/C13H17NO2S/c15-12(11-6-2-1-3-7-11)10-14-9-5-4-8-13(16)17/h1-3,6-7,14H,4-5,8-10H2,(H,16,17). The highest BCUT2D eigenvalue weighted by Gasteiger charge is 2.03. The van der Waals surface area contributed by atoms with Crippen LogP contribution in [0.2, 0.25) is 0 Å². The number of rotatable bonds is 8. The molecule has 1 aromatic carbocycles. The molecule has 0 bridgehead atoms. The molecule has 0 atom stereocenters. The van der Waals surface area contributed by atoms with E-state index < -0.39 is 0 Å². The fourth-order valence-electron chi connectivity index (χ4n) is 1.45. The number of aliphatic hydroxyl groups is 1. The minimum atomic E-state index is 0.0605. The number of carbonyl (C=O) groups excluding carboxylic acids is 1. The van der Waals surface area contributed by atoms with E-state index in [1.807, 2.05) is 30.3 Å². The van der Waals surface area contributed by atoms with Gasteiger partial charge in [0.2, 0.25) is 0 Å². The van der Waals surface area contributed by atoms with Gasteiger partial charge in [-0.25, -0.2) is 0 Å². The fraction of sp³-hybridized carbons (Fsp3) is 0.385. The maximum absolute atomic E-state index is 11.7. The zero-order valence-corrected chi connectivity index (χ0v) is 10.5. The minimum absolute atomic E-state index is 0.0605. The van der Waals surface area contributed by atoms with Gasteiger partial charge in [0.05, 0.1) is 6.54 Å². The SMILES string of the molecule is O=C(CNCCCCC(O)=S)c1ccccc1. The molecule has 0 aliphatic carbocycles. The quantitative estimate of drug-likeness (QED) is 0.423. The van der Waals surface area contributed by atoms with E-state index >= 15 is 0 Å². The number of benzene rings is 1. The summed E-state index contributed by atoms with van der Waals surface area (Å²) in [5.41, 5.74) is 0.733. The Morgan fingerprint density at radius 2 is 1.94 bits per heavy atom. The summed E-state index contributed by atoms with van der Waals surface area (Å²) in [7, 11) is 0. The van der Waals surface area contributed by atoms with Crippen molar-refractivity contribution >= 4 is 23.1 Å². The number of hydrogen-bond donors (Lipinski definition) is 2. The van der Waals surface area contributed by atoms with Crippen molar-refractivity contribution in [2.45, 2.75) is 19.3 Å². The van der Waals surface area contributed by atoms with Crippen LogP contribution < -0.4 is 5.32 Å². The van der Waals surface area contributed by atoms with Gasteiger partial charge in [-0.1, -0.05) is 30.3 Å². The van der Waals surface area contributed by atoms with Crippen LogP contribution in [-0.4, -0.2) is 29.0 Å². The largest absolute Gasteiger partial charge is 0.502 e. The monoisotopic (exact) mass is 251 g/mol. The summed E-state index contributed by atoms with van der Waals surface area (Å²) in [6.45, 7) is 1.12. The molecule has 0 fully saturated rings. The Balaban J connectivity index is 2.11. The van der Waals surface area contributed by atoms with Crippen LogP contribution in [0.4, 0.5) is 0 Å². The second kappa shape index (κ2) is 7.92. The van der Waals surface area contributed by atoms with Crippen molar-refractivity contribution in [3.05, 3.63) is 35.9 Å². The Morgan fingerprint density at radius 1 is 1.24 bits per heavy atom. The van der Waals surface area contributed by atoms with Gasteiger partial charge in [0.15, 0.2) is 10.8 Å². The van der Waals surface area contributed by atoms with Gasteiger partial charge in [0, 0.05) is 12.0 Å². The fourth-order valence-corrected chi connectivity index (χ4v) is 1.60. The van der Waals surface area contributed by atoms with Crippen LogP contribution in [-0.2, 0) is 0 Å². The number of unbranched alkanes of at least 4 members (excludes halogenated alkanes) is 1. The summed E-state index contributed by atoms with van der Waals surface area (Å²) >= 11 is 4.56. The number of ketones is 1. The first kappa shape index (κ1) is 13.8. The van der Waals surface area contributed by atoms with Crippen molar-refractivity contribution < 1.29 is 9.90 Å². The second-order valence-corrected chi connectivity index (χ2v) is 4.29. The number of Topliss-reactive ketones (excluding diaryl/α,β-unsaturated/α-hetero) is 1. The molecule has 2 N–H and O–H groups in total. The van der Waals surface area contributed by atoms with Crippen molar-refractivity contribution in [1.82, 2.24) is 5.32 Å². The number of nitrogens with one attached hydrogen (secondary N) is 1. The normalized spacial score (nSPS) is 10.1. The topological polar surface area (TPSA) is 49.3 Å². The Kier molecular flexibility index (Phi) is 6.43. The van der Waals surface area contributed by atoms with Gasteiger partial charge in [-0.05, 0) is 31.6 Å². The first-order chi connectivity index (χ1) is 8.20. The lowest BCUT2D eigenvalue weighted by molar-refractivity contribution is 0.0991. The van der Waals surface area contributed by atoms with Gasteiger partial charge in [-0.2, -0.15) is 0 Å². The van der Waals surface area contributed by atoms with Crippen LogP contribution in [0.3, 0.4) is 0 Å². The van der Waals surface area contributed by atoms with Crippen LogP contribution in [0.25, 0.3) is 0 Å². The van der Waals surface area contributed by atoms with Gasteiger partial charge in [-0.3, -0.25) is 4.79 Å². The number of aliphatic hydroxyl groups excluding tert-OH is 1. The van der Waals surface area contributed by atoms with E-state index in [0.29, 0.717) is 13.0 Å². The van der Waals surface area contributed by atoms with Crippen molar-refractivity contribution in [2.24, 2.45) is 0 Å². The molecule has 17 heavy (non-hydrogen) atoms. The summed E-state index contributed by atoms with van der Waals surface area (Å²) in [5, 5.41) is 11.9. The molecule has 0 aliphatic rings.